The van der Waals surface area contributed by atoms with Gasteiger partial charge in [-0.3, -0.25) is 0 Å². The van der Waals surface area contributed by atoms with Crippen LogP contribution in [0.1, 0.15) is 25.5 Å². The summed E-state index contributed by atoms with van der Waals surface area (Å²) in [4.78, 5) is 0. The largest absolute Gasteiger partial charge is 0.304 e. The summed E-state index contributed by atoms with van der Waals surface area (Å²) in [7, 11) is 0. The van der Waals surface area contributed by atoms with Gasteiger partial charge in [0.05, 0.1) is 0 Å². The van der Waals surface area contributed by atoms with Gasteiger partial charge in [0.15, 0.2) is 0 Å². The Labute approximate surface area is 90.8 Å². The summed E-state index contributed by atoms with van der Waals surface area (Å²) in [5, 5.41) is 4.18. The minimum absolute atomic E-state index is 0.293. The predicted octanol–water partition coefficient (Wildman–Crippen LogP) is 3.57. The Morgan fingerprint density at radius 2 is 2.14 bits per heavy atom. The van der Waals surface area contributed by atoms with E-state index in [0.29, 0.717) is 12.1 Å². The van der Waals surface area contributed by atoms with E-state index >= 15 is 0 Å². The normalized spacial score (nSPS) is 14.8. The van der Waals surface area contributed by atoms with Crippen LogP contribution in [0.5, 0.6) is 0 Å². The van der Waals surface area contributed by atoms with Crippen molar-refractivity contribution in [3.8, 4) is 0 Å². The second kappa shape index (κ2) is 5.18. The summed E-state index contributed by atoms with van der Waals surface area (Å²) in [6.45, 7) is 7.93. The topological polar surface area (TPSA) is 12.0 Å². The van der Waals surface area contributed by atoms with E-state index < -0.39 is 0 Å². The molecule has 0 heterocycles. The van der Waals surface area contributed by atoms with Gasteiger partial charge in [0, 0.05) is 17.1 Å². The van der Waals surface area contributed by atoms with Gasteiger partial charge in [-0.2, -0.15) is 0 Å². The SMILES string of the molecule is C=CC(C)N[C@@H](C)c1cccc(Cl)c1. The Hall–Kier alpha value is -0.790. The fourth-order valence-electron chi connectivity index (χ4n) is 1.33. The molecule has 1 rings (SSSR count). The van der Waals surface area contributed by atoms with Crippen LogP contribution in [0.2, 0.25) is 5.02 Å². The van der Waals surface area contributed by atoms with E-state index in [4.69, 9.17) is 11.6 Å². The van der Waals surface area contributed by atoms with Gasteiger partial charge in [0.1, 0.15) is 0 Å². The van der Waals surface area contributed by atoms with Gasteiger partial charge < -0.3 is 5.32 Å². The second-order valence-corrected chi connectivity index (χ2v) is 3.90. The lowest BCUT2D eigenvalue weighted by Crippen LogP contribution is -2.26. The summed E-state index contributed by atoms with van der Waals surface area (Å²) in [6, 6.07) is 8.50. The highest BCUT2D eigenvalue weighted by Gasteiger charge is 2.06. The minimum atomic E-state index is 0.293. The molecule has 1 N–H and O–H groups in total. The molecule has 0 aliphatic carbocycles. The molecule has 0 fully saturated rings. The lowest BCUT2D eigenvalue weighted by molar-refractivity contribution is 0.537. The van der Waals surface area contributed by atoms with Crippen molar-refractivity contribution in [2.45, 2.75) is 25.9 Å². The van der Waals surface area contributed by atoms with Crippen molar-refractivity contribution in [2.24, 2.45) is 0 Å². The standard InChI is InChI=1S/C12H16ClN/c1-4-9(2)14-10(3)11-6-5-7-12(13)8-11/h4-10,14H,1H2,2-3H3/t9?,10-/m0/s1. The Balaban J connectivity index is 2.69. The summed E-state index contributed by atoms with van der Waals surface area (Å²) < 4.78 is 0. The van der Waals surface area contributed by atoms with Gasteiger partial charge in [-0.15, -0.1) is 6.58 Å². The molecule has 1 aromatic carbocycles. The second-order valence-electron chi connectivity index (χ2n) is 3.47. The van der Waals surface area contributed by atoms with Crippen molar-refractivity contribution < 1.29 is 0 Å². The van der Waals surface area contributed by atoms with Crippen LogP contribution in [0.4, 0.5) is 0 Å². The van der Waals surface area contributed by atoms with Crippen molar-refractivity contribution in [3.63, 3.8) is 0 Å². The first-order valence-corrected chi connectivity index (χ1v) is 5.15. The molecule has 1 aromatic rings. The van der Waals surface area contributed by atoms with E-state index in [-0.39, 0.29) is 0 Å². The molecule has 2 atom stereocenters. The van der Waals surface area contributed by atoms with Crippen LogP contribution in [0.3, 0.4) is 0 Å². The third-order valence-electron chi connectivity index (χ3n) is 2.22. The van der Waals surface area contributed by atoms with Gasteiger partial charge >= 0.3 is 0 Å². The fourth-order valence-corrected chi connectivity index (χ4v) is 1.53. The zero-order valence-corrected chi connectivity index (χ0v) is 9.38. The van der Waals surface area contributed by atoms with Crippen molar-refractivity contribution in [3.05, 3.63) is 47.5 Å². The molecule has 76 valence electrons. The van der Waals surface area contributed by atoms with Crippen LogP contribution in [-0.4, -0.2) is 6.04 Å². The number of hydrogen-bond donors (Lipinski definition) is 1. The molecule has 0 spiro atoms. The quantitative estimate of drug-likeness (QED) is 0.748. The van der Waals surface area contributed by atoms with Crippen LogP contribution in [0.15, 0.2) is 36.9 Å². The van der Waals surface area contributed by atoms with Gasteiger partial charge in [-0.05, 0) is 31.5 Å². The van der Waals surface area contributed by atoms with E-state index in [1.807, 2.05) is 24.3 Å². The summed E-state index contributed by atoms with van der Waals surface area (Å²) >= 11 is 5.91. The van der Waals surface area contributed by atoms with Gasteiger partial charge in [0.2, 0.25) is 0 Å². The lowest BCUT2D eigenvalue weighted by Gasteiger charge is -2.17. The number of hydrogen-bond acceptors (Lipinski definition) is 1. The van der Waals surface area contributed by atoms with Crippen LogP contribution in [-0.2, 0) is 0 Å². The number of nitrogens with one attached hydrogen (secondary N) is 1. The van der Waals surface area contributed by atoms with E-state index in [1.54, 1.807) is 0 Å². The molecule has 0 radical (unpaired) electrons. The van der Waals surface area contributed by atoms with Crippen molar-refractivity contribution in [1.29, 1.82) is 0 Å². The monoisotopic (exact) mass is 209 g/mol. The molecule has 1 nitrogen and oxygen atoms in total. The molecule has 0 aromatic heterocycles. The van der Waals surface area contributed by atoms with Crippen LogP contribution in [0, 0.1) is 0 Å². The highest BCUT2D eigenvalue weighted by molar-refractivity contribution is 6.30. The summed E-state index contributed by atoms with van der Waals surface area (Å²) in [6.07, 6.45) is 1.89. The molecule has 0 amide bonds. The van der Waals surface area contributed by atoms with Crippen LogP contribution >= 0.6 is 11.6 Å². The molecule has 0 bridgehead atoms. The van der Waals surface area contributed by atoms with E-state index in [9.17, 15) is 0 Å². The molecule has 14 heavy (non-hydrogen) atoms. The van der Waals surface area contributed by atoms with Crippen molar-refractivity contribution >= 4 is 11.6 Å². The lowest BCUT2D eigenvalue weighted by atomic mass is 10.1. The average Bonchev–Trinajstić information content (AvgIpc) is 2.17. The Kier molecular flexibility index (Phi) is 4.18. The summed E-state index contributed by atoms with van der Waals surface area (Å²) in [5.74, 6) is 0. The molecule has 0 saturated carbocycles. The first-order chi connectivity index (χ1) is 6.63. The highest BCUT2D eigenvalue weighted by Crippen LogP contribution is 2.17. The zero-order chi connectivity index (χ0) is 10.6. The van der Waals surface area contributed by atoms with Gasteiger partial charge in [-0.1, -0.05) is 29.8 Å². The van der Waals surface area contributed by atoms with Gasteiger partial charge in [-0.25, -0.2) is 0 Å². The van der Waals surface area contributed by atoms with Crippen molar-refractivity contribution in [1.82, 2.24) is 5.32 Å². The third-order valence-corrected chi connectivity index (χ3v) is 2.45. The molecule has 0 aliphatic heterocycles. The predicted molar refractivity (Wildman–Crippen MR) is 62.7 cm³/mol. The van der Waals surface area contributed by atoms with Crippen LogP contribution < -0.4 is 5.32 Å². The fraction of sp³-hybridized carbons (Fsp3) is 0.333. The Bertz CT molecular complexity index is 309. The molecular formula is C12H16ClN. The van der Waals surface area contributed by atoms with Crippen molar-refractivity contribution in [2.75, 3.05) is 0 Å². The number of rotatable bonds is 4. The van der Waals surface area contributed by atoms with Crippen LogP contribution in [0.25, 0.3) is 0 Å². The van der Waals surface area contributed by atoms with Gasteiger partial charge in [0.25, 0.3) is 0 Å². The Morgan fingerprint density at radius 3 is 2.71 bits per heavy atom. The minimum Gasteiger partial charge on any atom is -0.304 e. The number of benzene rings is 1. The maximum atomic E-state index is 5.91. The smallest absolute Gasteiger partial charge is 0.0409 e. The van der Waals surface area contributed by atoms with E-state index in [0.717, 1.165) is 5.02 Å². The molecule has 0 saturated heterocycles. The Morgan fingerprint density at radius 1 is 1.43 bits per heavy atom. The van der Waals surface area contributed by atoms with E-state index in [1.165, 1.54) is 5.56 Å². The third kappa shape index (κ3) is 3.17. The maximum Gasteiger partial charge on any atom is 0.0409 e. The summed E-state index contributed by atoms with van der Waals surface area (Å²) in [5.41, 5.74) is 1.20. The first-order valence-electron chi connectivity index (χ1n) is 4.77. The molecule has 0 aliphatic rings. The molecule has 2 heteroatoms. The number of halogens is 1. The molecule has 1 unspecified atom stereocenters. The maximum absolute atomic E-state index is 5.91. The first kappa shape index (κ1) is 11.3. The highest BCUT2D eigenvalue weighted by atomic mass is 35.5. The molecular weight excluding hydrogens is 194 g/mol. The van der Waals surface area contributed by atoms with E-state index in [2.05, 4.69) is 31.8 Å². The average molecular weight is 210 g/mol. The zero-order valence-electron chi connectivity index (χ0n) is 8.63.